The van der Waals surface area contributed by atoms with Gasteiger partial charge in [-0.2, -0.15) is 0 Å². The molecule has 1 unspecified atom stereocenters. The van der Waals surface area contributed by atoms with E-state index in [2.05, 4.69) is 0 Å². The van der Waals surface area contributed by atoms with Crippen molar-refractivity contribution < 1.29 is 24.1 Å². The van der Waals surface area contributed by atoms with Gasteiger partial charge in [-0.25, -0.2) is 4.39 Å². The van der Waals surface area contributed by atoms with Gasteiger partial charge >= 0.3 is 0 Å². The summed E-state index contributed by atoms with van der Waals surface area (Å²) in [5, 5.41) is 21.9. The van der Waals surface area contributed by atoms with Gasteiger partial charge in [0.15, 0.2) is 5.60 Å². The average molecular weight is 379 g/mol. The quantitative estimate of drug-likeness (QED) is 0.730. The lowest BCUT2D eigenvalue weighted by molar-refractivity contribution is -0.132. The van der Waals surface area contributed by atoms with Gasteiger partial charge < -0.3 is 19.8 Å². The zero-order valence-electron chi connectivity index (χ0n) is 15.1. The molecule has 1 heterocycles. The number of phenolic OH excluding ortho intramolecular Hbond substituents is 1. The number of hydrogen-bond donors (Lipinski definition) is 2. The molecule has 2 N–H and O–H groups in total. The van der Waals surface area contributed by atoms with E-state index < -0.39 is 11.5 Å². The lowest BCUT2D eigenvalue weighted by Gasteiger charge is -2.24. The van der Waals surface area contributed by atoms with Crippen molar-refractivity contribution >= 4 is 11.6 Å². The number of phenols is 1. The molecule has 4 rings (SSSR count). The molecule has 0 radical (unpaired) electrons. The summed E-state index contributed by atoms with van der Waals surface area (Å²) in [7, 11) is 1.46. The standard InChI is InChI=1S/C22H18FNO4/c1-28-16-10-11-18(20(25)12-16)22(27)17-4-2-3-5-19(17)24(21(22)26)13-14-6-8-15(23)9-7-14/h2-12,25,27H,13H2,1H3. The molecule has 0 aromatic heterocycles. The fraction of sp³-hybridized carbons (Fsp3) is 0.136. The Morgan fingerprint density at radius 2 is 1.75 bits per heavy atom. The first-order valence-electron chi connectivity index (χ1n) is 8.71. The largest absolute Gasteiger partial charge is 0.507 e. The molecule has 5 nitrogen and oxygen atoms in total. The molecule has 1 aliphatic heterocycles. The molecule has 1 aliphatic rings. The van der Waals surface area contributed by atoms with Gasteiger partial charge in [-0.05, 0) is 35.9 Å². The number of benzene rings is 3. The number of hydrogen-bond acceptors (Lipinski definition) is 4. The number of carbonyl (C=O) groups is 1. The number of halogens is 1. The Kier molecular flexibility index (Phi) is 4.28. The molecule has 3 aromatic carbocycles. The number of aliphatic hydroxyl groups is 1. The minimum absolute atomic E-state index is 0.0763. The normalized spacial score (nSPS) is 18.2. The second kappa shape index (κ2) is 6.65. The smallest absolute Gasteiger partial charge is 0.268 e. The van der Waals surface area contributed by atoms with E-state index in [1.165, 1.54) is 36.3 Å². The molecule has 0 fully saturated rings. The van der Waals surface area contributed by atoms with Gasteiger partial charge in [0.25, 0.3) is 5.91 Å². The lowest BCUT2D eigenvalue weighted by atomic mass is 9.87. The van der Waals surface area contributed by atoms with Crippen LogP contribution in [-0.2, 0) is 16.9 Å². The van der Waals surface area contributed by atoms with Gasteiger partial charge in [-0.1, -0.05) is 30.3 Å². The summed E-state index contributed by atoms with van der Waals surface area (Å²) in [5.74, 6) is -0.782. The first kappa shape index (κ1) is 18.0. The topological polar surface area (TPSA) is 70.0 Å². The molecule has 0 spiro atoms. The lowest BCUT2D eigenvalue weighted by Crippen LogP contribution is -2.40. The Morgan fingerprint density at radius 3 is 2.43 bits per heavy atom. The average Bonchev–Trinajstić information content (AvgIpc) is 2.92. The van der Waals surface area contributed by atoms with Crippen LogP contribution in [0.3, 0.4) is 0 Å². The Hall–Kier alpha value is -3.38. The highest BCUT2D eigenvalue weighted by atomic mass is 19.1. The summed E-state index contributed by atoms with van der Waals surface area (Å²) in [6.07, 6.45) is 0. The zero-order chi connectivity index (χ0) is 19.9. The fourth-order valence-electron chi connectivity index (χ4n) is 3.57. The maximum atomic E-state index is 13.3. The van der Waals surface area contributed by atoms with Gasteiger partial charge in [0.05, 0.1) is 19.3 Å². The fourth-order valence-corrected chi connectivity index (χ4v) is 3.57. The summed E-state index contributed by atoms with van der Waals surface area (Å²) in [4.78, 5) is 14.8. The SMILES string of the molecule is COc1ccc(C2(O)C(=O)N(Cc3ccc(F)cc3)c3ccccc32)c(O)c1. The summed E-state index contributed by atoms with van der Waals surface area (Å²) in [6, 6.07) is 17.1. The molecule has 1 amide bonds. The van der Waals surface area contributed by atoms with Crippen molar-refractivity contribution in [3.63, 3.8) is 0 Å². The Morgan fingerprint density at radius 1 is 1.04 bits per heavy atom. The monoisotopic (exact) mass is 379 g/mol. The van der Waals surface area contributed by atoms with Crippen LogP contribution in [0.25, 0.3) is 0 Å². The number of rotatable bonds is 4. The summed E-state index contributed by atoms with van der Waals surface area (Å²) >= 11 is 0. The molecule has 0 saturated carbocycles. The highest BCUT2D eigenvalue weighted by molar-refractivity contribution is 6.09. The van der Waals surface area contributed by atoms with Gasteiger partial charge in [-0.3, -0.25) is 4.79 Å². The van der Waals surface area contributed by atoms with Gasteiger partial charge in [0.1, 0.15) is 17.3 Å². The third-order valence-electron chi connectivity index (χ3n) is 4.99. The van der Waals surface area contributed by atoms with Crippen molar-refractivity contribution in [3.05, 3.63) is 89.2 Å². The van der Waals surface area contributed by atoms with Crippen LogP contribution in [0.2, 0.25) is 0 Å². The number of methoxy groups -OCH3 is 1. The molecule has 1 atom stereocenters. The van der Waals surface area contributed by atoms with E-state index >= 15 is 0 Å². The van der Waals surface area contributed by atoms with E-state index in [9.17, 15) is 19.4 Å². The van der Waals surface area contributed by atoms with Crippen molar-refractivity contribution in [1.82, 2.24) is 0 Å². The van der Waals surface area contributed by atoms with Crippen molar-refractivity contribution in [2.45, 2.75) is 12.1 Å². The van der Waals surface area contributed by atoms with Gasteiger partial charge in [0, 0.05) is 17.2 Å². The van der Waals surface area contributed by atoms with Crippen LogP contribution in [0.5, 0.6) is 11.5 Å². The Balaban J connectivity index is 1.81. The molecule has 3 aromatic rings. The second-order valence-corrected chi connectivity index (χ2v) is 6.63. The summed E-state index contributed by atoms with van der Waals surface area (Å²) in [6.45, 7) is 0.162. The van der Waals surface area contributed by atoms with Gasteiger partial charge in [-0.15, -0.1) is 0 Å². The van der Waals surface area contributed by atoms with Crippen LogP contribution >= 0.6 is 0 Å². The van der Waals surface area contributed by atoms with Crippen molar-refractivity contribution in [1.29, 1.82) is 0 Å². The molecule has 0 saturated heterocycles. The van der Waals surface area contributed by atoms with E-state index in [0.717, 1.165) is 0 Å². The van der Waals surface area contributed by atoms with E-state index in [0.29, 0.717) is 22.6 Å². The molecule has 0 bridgehead atoms. The number of para-hydroxylation sites is 1. The second-order valence-electron chi connectivity index (χ2n) is 6.63. The number of amides is 1. The number of carbonyl (C=O) groups excluding carboxylic acids is 1. The maximum Gasteiger partial charge on any atom is 0.268 e. The van der Waals surface area contributed by atoms with Crippen LogP contribution in [0.15, 0.2) is 66.7 Å². The van der Waals surface area contributed by atoms with Crippen molar-refractivity contribution in [2.75, 3.05) is 12.0 Å². The van der Waals surface area contributed by atoms with Crippen LogP contribution in [0, 0.1) is 5.82 Å². The number of nitrogens with zero attached hydrogens (tertiary/aromatic N) is 1. The van der Waals surface area contributed by atoms with E-state index in [1.54, 1.807) is 42.5 Å². The number of aromatic hydroxyl groups is 1. The maximum absolute atomic E-state index is 13.3. The minimum atomic E-state index is -2.03. The third-order valence-corrected chi connectivity index (χ3v) is 4.99. The number of anilines is 1. The van der Waals surface area contributed by atoms with E-state index in [-0.39, 0.29) is 23.7 Å². The predicted molar refractivity (Wildman–Crippen MR) is 102 cm³/mol. The predicted octanol–water partition coefficient (Wildman–Crippen LogP) is 3.32. The molecule has 142 valence electrons. The van der Waals surface area contributed by atoms with Crippen LogP contribution in [-0.4, -0.2) is 23.2 Å². The van der Waals surface area contributed by atoms with E-state index in [4.69, 9.17) is 4.74 Å². The van der Waals surface area contributed by atoms with Crippen molar-refractivity contribution in [2.24, 2.45) is 0 Å². The first-order valence-corrected chi connectivity index (χ1v) is 8.71. The highest BCUT2D eigenvalue weighted by Gasteiger charge is 2.52. The first-order chi connectivity index (χ1) is 13.4. The molecule has 6 heteroatoms. The highest BCUT2D eigenvalue weighted by Crippen LogP contribution is 2.47. The summed E-state index contributed by atoms with van der Waals surface area (Å²) < 4.78 is 18.3. The van der Waals surface area contributed by atoms with Crippen LogP contribution in [0.1, 0.15) is 16.7 Å². The third kappa shape index (κ3) is 2.70. The Bertz CT molecular complexity index is 1050. The van der Waals surface area contributed by atoms with Crippen LogP contribution < -0.4 is 9.64 Å². The molecule has 28 heavy (non-hydrogen) atoms. The number of ether oxygens (including phenoxy) is 1. The number of fused-ring (bicyclic) bond motifs is 1. The van der Waals surface area contributed by atoms with Crippen LogP contribution in [0.4, 0.5) is 10.1 Å². The zero-order valence-corrected chi connectivity index (χ0v) is 15.1. The Labute approximate surface area is 161 Å². The molecule has 0 aliphatic carbocycles. The minimum Gasteiger partial charge on any atom is -0.507 e. The van der Waals surface area contributed by atoms with E-state index in [1.807, 2.05) is 0 Å². The molecular weight excluding hydrogens is 361 g/mol. The summed E-state index contributed by atoms with van der Waals surface area (Å²) in [5.41, 5.74) is -0.329. The van der Waals surface area contributed by atoms with Crippen molar-refractivity contribution in [3.8, 4) is 11.5 Å². The van der Waals surface area contributed by atoms with Gasteiger partial charge in [0.2, 0.25) is 0 Å². The molecular formula is C22H18FNO4.